The zero-order chi connectivity index (χ0) is 23.5. The van der Waals surface area contributed by atoms with E-state index in [9.17, 15) is 4.79 Å². The van der Waals surface area contributed by atoms with Crippen molar-refractivity contribution in [1.29, 1.82) is 0 Å². The number of carbonyl (C=O) groups is 1. The van der Waals surface area contributed by atoms with Gasteiger partial charge in [0.1, 0.15) is 16.9 Å². The SMILES string of the molecule is CCCCCC(=O)Oc1cn(C2CCCC2)c2nc(CCCCC)n3c4ccccc4nc3c12. The Morgan fingerprint density at radius 3 is 2.56 bits per heavy atom. The Balaban J connectivity index is 1.69. The fourth-order valence-electron chi connectivity index (χ4n) is 5.37. The van der Waals surface area contributed by atoms with Gasteiger partial charge in [-0.2, -0.15) is 0 Å². The average molecular weight is 461 g/mol. The lowest BCUT2D eigenvalue weighted by molar-refractivity contribution is -0.134. The van der Waals surface area contributed by atoms with Crippen molar-refractivity contribution in [1.82, 2.24) is 18.9 Å². The number of rotatable bonds is 10. The molecule has 1 aliphatic rings. The fraction of sp³-hybridized carbons (Fsp3) is 0.536. The van der Waals surface area contributed by atoms with Gasteiger partial charge < -0.3 is 9.30 Å². The third kappa shape index (κ3) is 4.30. The quantitative estimate of drug-likeness (QED) is 0.186. The van der Waals surface area contributed by atoms with Crippen LogP contribution < -0.4 is 4.74 Å². The first-order chi connectivity index (χ1) is 16.7. The Kier molecular flexibility index (Phi) is 6.84. The van der Waals surface area contributed by atoms with Gasteiger partial charge >= 0.3 is 5.97 Å². The summed E-state index contributed by atoms with van der Waals surface area (Å²) in [7, 11) is 0. The van der Waals surface area contributed by atoms with E-state index in [1.165, 1.54) is 25.7 Å². The molecule has 5 rings (SSSR count). The standard InChI is InChI=1S/C28H36N4O2/c1-3-5-7-17-24-30-27-26(28-29-21-15-11-12-16-22(21)32(24)28)23(34-25(33)18-8-6-4-2)19-31(27)20-13-9-10-14-20/h11-12,15-16,19-20H,3-10,13-14,17-18H2,1-2H3. The van der Waals surface area contributed by atoms with Gasteiger partial charge in [0, 0.05) is 25.1 Å². The normalized spacial score (nSPS) is 14.6. The summed E-state index contributed by atoms with van der Waals surface area (Å²) in [5, 5.41) is 0.867. The molecule has 0 bridgehead atoms. The average Bonchev–Trinajstić information content (AvgIpc) is 3.57. The van der Waals surface area contributed by atoms with Gasteiger partial charge in [-0.25, -0.2) is 9.97 Å². The number of hydrogen-bond donors (Lipinski definition) is 0. The second-order valence-corrected chi connectivity index (χ2v) is 9.71. The van der Waals surface area contributed by atoms with E-state index >= 15 is 0 Å². The Bertz CT molecular complexity index is 1300. The van der Waals surface area contributed by atoms with E-state index in [0.29, 0.717) is 18.2 Å². The van der Waals surface area contributed by atoms with Crippen molar-refractivity contribution in [3.8, 4) is 5.75 Å². The zero-order valence-electron chi connectivity index (χ0n) is 20.6. The number of carbonyl (C=O) groups excluding carboxylic acids is 1. The molecule has 34 heavy (non-hydrogen) atoms. The molecule has 1 fully saturated rings. The number of unbranched alkanes of at least 4 members (excludes halogenated alkanes) is 4. The molecule has 6 heteroatoms. The van der Waals surface area contributed by atoms with E-state index in [0.717, 1.165) is 78.5 Å². The van der Waals surface area contributed by atoms with E-state index in [4.69, 9.17) is 14.7 Å². The van der Waals surface area contributed by atoms with E-state index in [1.54, 1.807) is 0 Å². The lowest BCUT2D eigenvalue weighted by atomic mass is 10.2. The van der Waals surface area contributed by atoms with E-state index in [1.807, 2.05) is 18.3 Å². The molecule has 0 aliphatic heterocycles. The summed E-state index contributed by atoms with van der Waals surface area (Å²) in [6.45, 7) is 4.37. The number of hydrogen-bond acceptors (Lipinski definition) is 4. The summed E-state index contributed by atoms with van der Waals surface area (Å²) < 4.78 is 10.5. The number of fused-ring (bicyclic) bond motifs is 5. The molecule has 3 heterocycles. The maximum atomic E-state index is 12.7. The van der Waals surface area contributed by atoms with Gasteiger partial charge in [0.2, 0.25) is 0 Å². The molecule has 0 N–H and O–H groups in total. The molecule has 180 valence electrons. The molecule has 0 amide bonds. The van der Waals surface area contributed by atoms with E-state index in [2.05, 4.69) is 34.9 Å². The predicted molar refractivity (Wildman–Crippen MR) is 136 cm³/mol. The van der Waals surface area contributed by atoms with Crippen molar-refractivity contribution < 1.29 is 9.53 Å². The highest BCUT2D eigenvalue weighted by atomic mass is 16.5. The molecule has 1 aliphatic carbocycles. The van der Waals surface area contributed by atoms with Gasteiger partial charge in [0.15, 0.2) is 11.4 Å². The minimum absolute atomic E-state index is 0.166. The predicted octanol–water partition coefficient (Wildman–Crippen LogP) is 7.17. The first kappa shape index (κ1) is 22.9. The van der Waals surface area contributed by atoms with Gasteiger partial charge in [-0.1, -0.05) is 64.5 Å². The van der Waals surface area contributed by atoms with Crippen molar-refractivity contribution >= 4 is 33.7 Å². The highest BCUT2D eigenvalue weighted by Gasteiger charge is 2.26. The maximum absolute atomic E-state index is 12.7. The van der Waals surface area contributed by atoms with Gasteiger partial charge in [-0.15, -0.1) is 0 Å². The van der Waals surface area contributed by atoms with Crippen LogP contribution >= 0.6 is 0 Å². The van der Waals surface area contributed by atoms with Crippen LogP contribution in [0.2, 0.25) is 0 Å². The molecular weight excluding hydrogens is 424 g/mol. The Morgan fingerprint density at radius 1 is 1.00 bits per heavy atom. The Morgan fingerprint density at radius 2 is 1.76 bits per heavy atom. The minimum Gasteiger partial charge on any atom is -0.424 e. The molecular formula is C28H36N4O2. The van der Waals surface area contributed by atoms with Crippen molar-refractivity contribution in [2.24, 2.45) is 0 Å². The first-order valence-electron chi connectivity index (χ1n) is 13.2. The van der Waals surface area contributed by atoms with Gasteiger partial charge in [0.25, 0.3) is 0 Å². The largest absolute Gasteiger partial charge is 0.424 e. The zero-order valence-corrected chi connectivity index (χ0v) is 20.6. The molecule has 6 nitrogen and oxygen atoms in total. The Labute approximate surface area is 201 Å². The van der Waals surface area contributed by atoms with Crippen LogP contribution in [-0.2, 0) is 11.2 Å². The van der Waals surface area contributed by atoms with Gasteiger partial charge in [0.05, 0.1) is 11.0 Å². The van der Waals surface area contributed by atoms with E-state index < -0.39 is 0 Å². The molecule has 3 aromatic heterocycles. The van der Waals surface area contributed by atoms with Crippen LogP contribution in [0.25, 0.3) is 27.7 Å². The summed E-state index contributed by atoms with van der Waals surface area (Å²) in [6.07, 6.45) is 14.6. The number of esters is 1. The van der Waals surface area contributed by atoms with Crippen molar-refractivity contribution in [3.05, 3.63) is 36.3 Å². The van der Waals surface area contributed by atoms with Crippen LogP contribution in [0.4, 0.5) is 0 Å². The number of benzene rings is 1. The van der Waals surface area contributed by atoms with Crippen LogP contribution in [-0.4, -0.2) is 24.9 Å². The fourth-order valence-corrected chi connectivity index (χ4v) is 5.37. The van der Waals surface area contributed by atoms with Crippen molar-refractivity contribution in [2.75, 3.05) is 0 Å². The molecule has 0 unspecified atom stereocenters. The van der Waals surface area contributed by atoms with Crippen LogP contribution in [0.1, 0.15) is 96.3 Å². The highest BCUT2D eigenvalue weighted by molar-refractivity contribution is 6.01. The van der Waals surface area contributed by atoms with Gasteiger partial charge in [-0.3, -0.25) is 9.20 Å². The number of imidazole rings is 1. The second-order valence-electron chi connectivity index (χ2n) is 9.71. The van der Waals surface area contributed by atoms with Crippen molar-refractivity contribution in [3.63, 3.8) is 0 Å². The summed E-state index contributed by atoms with van der Waals surface area (Å²) in [4.78, 5) is 23.0. The number of nitrogens with zero attached hydrogens (tertiary/aromatic N) is 4. The number of ether oxygens (including phenoxy) is 1. The molecule has 1 saturated carbocycles. The minimum atomic E-state index is -0.166. The molecule has 0 spiro atoms. The van der Waals surface area contributed by atoms with Crippen LogP contribution in [0.5, 0.6) is 5.75 Å². The first-order valence-corrected chi connectivity index (χ1v) is 13.2. The second kappa shape index (κ2) is 10.2. The molecule has 0 saturated heterocycles. The topological polar surface area (TPSA) is 61.4 Å². The lowest BCUT2D eigenvalue weighted by Gasteiger charge is -2.14. The van der Waals surface area contributed by atoms with Crippen LogP contribution in [0.3, 0.4) is 0 Å². The van der Waals surface area contributed by atoms with Gasteiger partial charge in [-0.05, 0) is 37.8 Å². The maximum Gasteiger partial charge on any atom is 0.311 e. The molecule has 1 aromatic carbocycles. The van der Waals surface area contributed by atoms with Crippen molar-refractivity contribution in [2.45, 2.75) is 96.9 Å². The summed E-state index contributed by atoms with van der Waals surface area (Å²) in [5.41, 5.74) is 3.78. The summed E-state index contributed by atoms with van der Waals surface area (Å²) >= 11 is 0. The molecule has 4 aromatic rings. The smallest absolute Gasteiger partial charge is 0.311 e. The van der Waals surface area contributed by atoms with Crippen LogP contribution in [0.15, 0.2) is 30.5 Å². The summed E-state index contributed by atoms with van der Waals surface area (Å²) in [6, 6.07) is 8.63. The number of para-hydroxylation sites is 2. The van der Waals surface area contributed by atoms with E-state index in [-0.39, 0.29) is 5.97 Å². The third-order valence-electron chi connectivity index (χ3n) is 7.18. The highest BCUT2D eigenvalue weighted by Crippen LogP contribution is 2.39. The number of aryl methyl sites for hydroxylation is 1. The monoisotopic (exact) mass is 460 g/mol. The Hall–Kier alpha value is -2.89. The number of aromatic nitrogens is 4. The molecule has 0 radical (unpaired) electrons. The molecule has 0 atom stereocenters. The third-order valence-corrected chi connectivity index (χ3v) is 7.18. The van der Waals surface area contributed by atoms with Crippen LogP contribution in [0, 0.1) is 0 Å². The summed E-state index contributed by atoms with van der Waals surface area (Å²) in [5.74, 6) is 1.49. The lowest BCUT2D eigenvalue weighted by Crippen LogP contribution is -2.08.